The van der Waals surface area contributed by atoms with Crippen molar-refractivity contribution in [3.8, 4) is 6.07 Å². The Bertz CT molecular complexity index is 777. The predicted molar refractivity (Wildman–Crippen MR) is 88.6 cm³/mol. The molecule has 0 aromatic heterocycles. The lowest BCUT2D eigenvalue weighted by molar-refractivity contribution is 0.106. The Hall–Kier alpha value is -2.35. The van der Waals surface area contributed by atoms with Crippen LogP contribution >= 0.6 is 23.2 Å². The molecule has 0 aliphatic rings. The van der Waals surface area contributed by atoms with Crippen LogP contribution in [0.1, 0.15) is 15.9 Å². The summed E-state index contributed by atoms with van der Waals surface area (Å²) in [5.74, 6) is -0.458. The number of nitrogens with one attached hydrogen (secondary N) is 1. The van der Waals surface area contributed by atoms with E-state index in [1.165, 1.54) is 6.07 Å². The lowest BCUT2D eigenvalue weighted by Gasteiger charge is -2.04. The van der Waals surface area contributed by atoms with Crippen molar-refractivity contribution in [2.45, 2.75) is 6.92 Å². The van der Waals surface area contributed by atoms with Crippen LogP contribution in [0, 0.1) is 18.3 Å². The first kappa shape index (κ1) is 16.0. The number of carbonyl (C=O) groups is 1. The van der Waals surface area contributed by atoms with E-state index in [-0.39, 0.29) is 5.71 Å². The maximum absolute atomic E-state index is 12.2. The monoisotopic (exact) mass is 331 g/mol. The number of carbonyl (C=O) groups excluding carboxylic acids is 1. The van der Waals surface area contributed by atoms with E-state index in [1.54, 1.807) is 42.5 Å². The second kappa shape index (κ2) is 7.08. The van der Waals surface area contributed by atoms with Gasteiger partial charge < -0.3 is 0 Å². The highest BCUT2D eigenvalue weighted by Gasteiger charge is 2.14. The van der Waals surface area contributed by atoms with E-state index < -0.39 is 5.78 Å². The van der Waals surface area contributed by atoms with Crippen molar-refractivity contribution in [2.24, 2.45) is 5.10 Å². The van der Waals surface area contributed by atoms with Gasteiger partial charge in [-0.3, -0.25) is 10.2 Å². The van der Waals surface area contributed by atoms with Gasteiger partial charge in [-0.05, 0) is 25.1 Å². The molecule has 22 heavy (non-hydrogen) atoms. The van der Waals surface area contributed by atoms with Gasteiger partial charge in [-0.1, -0.05) is 53.0 Å². The number of hydrogen-bond acceptors (Lipinski definition) is 4. The summed E-state index contributed by atoms with van der Waals surface area (Å²) in [5.41, 5.74) is 4.23. The fraction of sp³-hybridized carbons (Fsp3) is 0.0625. The molecule has 0 bridgehead atoms. The number of nitriles is 1. The highest BCUT2D eigenvalue weighted by Crippen LogP contribution is 2.25. The molecule has 0 atom stereocenters. The number of nitrogens with zero attached hydrogens (tertiary/aromatic N) is 2. The van der Waals surface area contributed by atoms with Gasteiger partial charge in [0.25, 0.3) is 0 Å². The van der Waals surface area contributed by atoms with Crippen molar-refractivity contribution < 1.29 is 4.79 Å². The van der Waals surface area contributed by atoms with Crippen LogP contribution in [0.4, 0.5) is 5.69 Å². The first-order chi connectivity index (χ1) is 10.5. The molecule has 4 nitrogen and oxygen atoms in total. The molecule has 2 aromatic carbocycles. The van der Waals surface area contributed by atoms with Crippen LogP contribution in [0.25, 0.3) is 0 Å². The van der Waals surface area contributed by atoms with Crippen molar-refractivity contribution >= 4 is 40.4 Å². The zero-order valence-electron chi connectivity index (χ0n) is 11.6. The van der Waals surface area contributed by atoms with E-state index in [1.807, 2.05) is 6.92 Å². The van der Waals surface area contributed by atoms with Crippen molar-refractivity contribution in [1.29, 1.82) is 5.26 Å². The third kappa shape index (κ3) is 3.85. The molecule has 2 aromatic rings. The van der Waals surface area contributed by atoms with Gasteiger partial charge in [0.1, 0.15) is 6.07 Å². The smallest absolute Gasteiger partial charge is 0.223 e. The van der Waals surface area contributed by atoms with Crippen molar-refractivity contribution in [2.75, 3.05) is 5.43 Å². The van der Waals surface area contributed by atoms with Crippen molar-refractivity contribution in [3.63, 3.8) is 0 Å². The minimum Gasteiger partial charge on any atom is -0.286 e. The van der Waals surface area contributed by atoms with Crippen LogP contribution in [0.2, 0.25) is 10.0 Å². The minimum absolute atomic E-state index is 0.255. The quantitative estimate of drug-likeness (QED) is 0.510. The highest BCUT2D eigenvalue weighted by atomic mass is 35.5. The van der Waals surface area contributed by atoms with Gasteiger partial charge in [-0.2, -0.15) is 10.4 Å². The van der Waals surface area contributed by atoms with Gasteiger partial charge in [0, 0.05) is 10.6 Å². The average molecular weight is 332 g/mol. The zero-order chi connectivity index (χ0) is 16.1. The van der Waals surface area contributed by atoms with E-state index in [9.17, 15) is 4.79 Å². The summed E-state index contributed by atoms with van der Waals surface area (Å²) >= 11 is 11.8. The van der Waals surface area contributed by atoms with E-state index in [4.69, 9.17) is 28.5 Å². The third-order valence-corrected chi connectivity index (χ3v) is 3.40. The molecular formula is C16H11Cl2N3O. The number of Topliss-reactive ketones (excluding diaryl/α,β-unsaturated/α-hetero) is 1. The molecule has 2 rings (SSSR count). The molecular weight excluding hydrogens is 321 g/mol. The topological polar surface area (TPSA) is 65.2 Å². The molecule has 0 saturated heterocycles. The van der Waals surface area contributed by atoms with Crippen LogP contribution in [0.15, 0.2) is 47.6 Å². The molecule has 0 aliphatic carbocycles. The molecule has 0 fully saturated rings. The maximum atomic E-state index is 12.2. The predicted octanol–water partition coefficient (Wildman–Crippen LogP) is 4.48. The number of rotatable bonds is 4. The number of hydrogen-bond donors (Lipinski definition) is 1. The first-order valence-electron chi connectivity index (χ1n) is 6.31. The maximum Gasteiger partial charge on any atom is 0.223 e. The Morgan fingerprint density at radius 3 is 2.45 bits per heavy atom. The van der Waals surface area contributed by atoms with Gasteiger partial charge in [-0.25, -0.2) is 0 Å². The second-order valence-electron chi connectivity index (χ2n) is 4.50. The number of anilines is 1. The van der Waals surface area contributed by atoms with E-state index >= 15 is 0 Å². The number of benzene rings is 2. The largest absolute Gasteiger partial charge is 0.286 e. The van der Waals surface area contributed by atoms with Crippen molar-refractivity contribution in [1.82, 2.24) is 0 Å². The highest BCUT2D eigenvalue weighted by molar-refractivity contribution is 6.51. The summed E-state index contributed by atoms with van der Waals surface area (Å²) in [6, 6.07) is 13.5. The Balaban J connectivity index is 2.22. The van der Waals surface area contributed by atoms with Gasteiger partial charge in [0.05, 0.1) is 10.7 Å². The first-order valence-corrected chi connectivity index (χ1v) is 7.07. The Morgan fingerprint density at radius 1 is 1.18 bits per heavy atom. The summed E-state index contributed by atoms with van der Waals surface area (Å²) in [5, 5.41) is 13.8. The molecule has 0 aliphatic heterocycles. The molecule has 0 saturated carbocycles. The summed E-state index contributed by atoms with van der Waals surface area (Å²) < 4.78 is 0. The third-order valence-electron chi connectivity index (χ3n) is 2.85. The van der Waals surface area contributed by atoms with Gasteiger partial charge in [0.2, 0.25) is 11.5 Å². The number of halogens is 2. The SMILES string of the molecule is Cc1ccc(C(=O)/C(C#N)=N\Nc2ccc(Cl)cc2Cl)cc1. The second-order valence-corrected chi connectivity index (χ2v) is 5.35. The van der Waals surface area contributed by atoms with E-state index in [0.717, 1.165) is 5.56 Å². The Labute approximate surface area is 138 Å². The summed E-state index contributed by atoms with van der Waals surface area (Å²) in [6.45, 7) is 1.91. The van der Waals surface area contributed by atoms with Gasteiger partial charge in [-0.15, -0.1) is 0 Å². The molecule has 0 unspecified atom stereocenters. The molecule has 0 spiro atoms. The van der Waals surface area contributed by atoms with Gasteiger partial charge in [0.15, 0.2) is 0 Å². The number of aryl methyl sites for hydroxylation is 1. The minimum atomic E-state index is -0.458. The van der Waals surface area contributed by atoms with Crippen LogP contribution in [-0.2, 0) is 0 Å². The van der Waals surface area contributed by atoms with E-state index in [0.29, 0.717) is 21.3 Å². The van der Waals surface area contributed by atoms with E-state index in [2.05, 4.69) is 10.5 Å². The van der Waals surface area contributed by atoms with Crippen LogP contribution in [-0.4, -0.2) is 11.5 Å². The zero-order valence-corrected chi connectivity index (χ0v) is 13.1. The molecule has 0 heterocycles. The summed E-state index contributed by atoms with van der Waals surface area (Å²) in [7, 11) is 0. The summed E-state index contributed by atoms with van der Waals surface area (Å²) in [4.78, 5) is 12.2. The standard InChI is InChI=1S/C16H11Cl2N3O/c1-10-2-4-11(5-3-10)16(22)15(9-19)21-20-14-7-6-12(17)8-13(14)18/h2-8,20H,1H3/b21-15-. The Kier molecular flexibility index (Phi) is 5.16. The molecule has 1 N–H and O–H groups in total. The van der Waals surface area contributed by atoms with Gasteiger partial charge >= 0.3 is 0 Å². The number of hydrazone groups is 1. The lowest BCUT2D eigenvalue weighted by atomic mass is 10.1. The van der Waals surface area contributed by atoms with Crippen LogP contribution in [0.3, 0.4) is 0 Å². The Morgan fingerprint density at radius 2 is 1.86 bits per heavy atom. The summed E-state index contributed by atoms with van der Waals surface area (Å²) in [6.07, 6.45) is 0. The fourth-order valence-corrected chi connectivity index (χ4v) is 2.12. The molecule has 0 amide bonds. The molecule has 6 heteroatoms. The lowest BCUT2D eigenvalue weighted by Crippen LogP contribution is -2.14. The number of ketones is 1. The average Bonchev–Trinajstić information content (AvgIpc) is 2.50. The molecule has 110 valence electrons. The van der Waals surface area contributed by atoms with Crippen molar-refractivity contribution in [3.05, 3.63) is 63.6 Å². The molecule has 0 radical (unpaired) electrons. The fourth-order valence-electron chi connectivity index (χ4n) is 1.66. The van der Waals surface area contributed by atoms with Crippen LogP contribution < -0.4 is 5.43 Å². The normalized spacial score (nSPS) is 10.9. The van der Waals surface area contributed by atoms with Crippen LogP contribution in [0.5, 0.6) is 0 Å².